The van der Waals surface area contributed by atoms with Crippen molar-refractivity contribution in [3.63, 3.8) is 0 Å². The highest BCUT2D eigenvalue weighted by Gasteiger charge is 2.72. The molecule has 0 aliphatic carbocycles. The zero-order valence-electron chi connectivity index (χ0n) is 9.95. The lowest BCUT2D eigenvalue weighted by Gasteiger charge is -2.44. The van der Waals surface area contributed by atoms with Gasteiger partial charge in [-0.2, -0.15) is 13.2 Å². The molecule has 0 fully saturated rings. The van der Waals surface area contributed by atoms with E-state index < -0.39 is 35.3 Å². The number of halogens is 5. The first-order valence-corrected chi connectivity index (χ1v) is 4.93. The average Bonchev–Trinajstić information content (AvgIpc) is 2.13. The summed E-state index contributed by atoms with van der Waals surface area (Å²) in [6.45, 7) is 2.49. The molecule has 0 spiro atoms. The van der Waals surface area contributed by atoms with Gasteiger partial charge in [0.05, 0.1) is 0 Å². The van der Waals surface area contributed by atoms with E-state index in [-0.39, 0.29) is 0 Å². The maximum absolute atomic E-state index is 13.9. The summed E-state index contributed by atoms with van der Waals surface area (Å²) < 4.78 is 66.0. The largest absolute Gasteiger partial charge is 0.481 e. The first-order valence-electron chi connectivity index (χ1n) is 4.93. The number of alkyl halides is 5. The fourth-order valence-electron chi connectivity index (χ4n) is 1.42. The Bertz CT molecular complexity index is 308. The molecule has 102 valence electrons. The Hall–Kier alpha value is -0.880. The molecule has 2 nitrogen and oxygen atoms in total. The van der Waals surface area contributed by atoms with Gasteiger partial charge in [0.2, 0.25) is 0 Å². The summed E-state index contributed by atoms with van der Waals surface area (Å²) in [5.74, 6) is -6.38. The molecule has 17 heavy (non-hydrogen) atoms. The van der Waals surface area contributed by atoms with E-state index in [0.717, 1.165) is 6.92 Å². The molecule has 7 heteroatoms. The summed E-state index contributed by atoms with van der Waals surface area (Å²) in [5.41, 5.74) is -6.17. The minimum absolute atomic E-state index is 0.345. The van der Waals surface area contributed by atoms with Crippen molar-refractivity contribution in [1.29, 1.82) is 0 Å². The zero-order valence-corrected chi connectivity index (χ0v) is 9.95. The van der Waals surface area contributed by atoms with Crippen LogP contribution in [0.1, 0.15) is 34.1 Å². The number of aliphatic carboxylic acids is 1. The summed E-state index contributed by atoms with van der Waals surface area (Å²) in [7, 11) is 0. The molecule has 0 aliphatic heterocycles. The summed E-state index contributed by atoms with van der Waals surface area (Å²) in [6, 6.07) is 0. The molecule has 0 saturated heterocycles. The van der Waals surface area contributed by atoms with Crippen LogP contribution in [0.5, 0.6) is 0 Å². The van der Waals surface area contributed by atoms with E-state index in [1.807, 2.05) is 0 Å². The third-order valence-corrected chi connectivity index (χ3v) is 3.35. The lowest BCUT2D eigenvalue weighted by atomic mass is 9.68. The molecular formula is C10H15F5O2. The van der Waals surface area contributed by atoms with Crippen LogP contribution in [-0.2, 0) is 4.79 Å². The molecule has 0 amide bonds. The Morgan fingerprint density at radius 1 is 1.06 bits per heavy atom. The van der Waals surface area contributed by atoms with Crippen molar-refractivity contribution in [3.05, 3.63) is 0 Å². The van der Waals surface area contributed by atoms with Crippen LogP contribution >= 0.6 is 0 Å². The van der Waals surface area contributed by atoms with Crippen LogP contribution in [0.25, 0.3) is 0 Å². The average molecular weight is 262 g/mol. The number of carboxylic acid groups (broad SMARTS) is 1. The molecule has 1 N–H and O–H groups in total. The fraction of sp³-hybridized carbons (Fsp3) is 0.900. The van der Waals surface area contributed by atoms with E-state index in [1.54, 1.807) is 0 Å². The Balaban J connectivity index is 5.81. The number of rotatable bonds is 4. The van der Waals surface area contributed by atoms with Crippen molar-refractivity contribution in [2.24, 2.45) is 10.8 Å². The van der Waals surface area contributed by atoms with Crippen LogP contribution in [0.15, 0.2) is 0 Å². The van der Waals surface area contributed by atoms with Crippen LogP contribution in [0.2, 0.25) is 0 Å². The van der Waals surface area contributed by atoms with E-state index in [4.69, 9.17) is 5.11 Å². The quantitative estimate of drug-likeness (QED) is 0.784. The molecule has 1 atom stereocenters. The Kier molecular flexibility index (Phi) is 3.89. The van der Waals surface area contributed by atoms with Gasteiger partial charge in [0.15, 0.2) is 0 Å². The summed E-state index contributed by atoms with van der Waals surface area (Å²) in [5, 5.41) is 8.65. The topological polar surface area (TPSA) is 37.3 Å². The zero-order chi connectivity index (χ0) is 14.3. The highest BCUT2D eigenvalue weighted by Crippen LogP contribution is 2.58. The molecule has 0 rings (SSSR count). The van der Waals surface area contributed by atoms with Gasteiger partial charge in [0, 0.05) is 0 Å². The van der Waals surface area contributed by atoms with Gasteiger partial charge in [-0.15, -0.1) is 0 Å². The Labute approximate surface area is 95.8 Å². The predicted octanol–water partition coefficient (Wildman–Crippen LogP) is 3.71. The first kappa shape index (κ1) is 16.1. The second-order valence-electron chi connectivity index (χ2n) is 4.69. The molecule has 0 aromatic rings. The second-order valence-corrected chi connectivity index (χ2v) is 4.69. The van der Waals surface area contributed by atoms with Crippen molar-refractivity contribution in [1.82, 2.24) is 0 Å². The SMILES string of the molecule is CCC(C)(C(F)(F)F)C(F)(F)C(C)(C)C(=O)O. The molecular weight excluding hydrogens is 247 g/mol. The molecule has 0 aliphatic rings. The summed E-state index contributed by atoms with van der Waals surface area (Å²) in [6.07, 6.45) is -6.09. The summed E-state index contributed by atoms with van der Waals surface area (Å²) >= 11 is 0. The van der Waals surface area contributed by atoms with Gasteiger partial charge in [0.1, 0.15) is 10.8 Å². The van der Waals surface area contributed by atoms with Gasteiger partial charge in [-0.1, -0.05) is 6.92 Å². The van der Waals surface area contributed by atoms with Crippen molar-refractivity contribution >= 4 is 5.97 Å². The standard InChI is InChI=1S/C10H15F5O2/c1-5-8(4,10(13,14)15)9(11,12)7(2,3)6(16)17/h5H2,1-4H3,(H,16,17). The monoisotopic (exact) mass is 262 g/mol. The summed E-state index contributed by atoms with van der Waals surface area (Å²) in [4.78, 5) is 10.7. The van der Waals surface area contributed by atoms with Gasteiger partial charge in [-0.05, 0) is 27.2 Å². The predicted molar refractivity (Wildman–Crippen MR) is 50.8 cm³/mol. The van der Waals surface area contributed by atoms with Crippen LogP contribution in [0.3, 0.4) is 0 Å². The maximum atomic E-state index is 13.9. The highest BCUT2D eigenvalue weighted by molar-refractivity contribution is 5.75. The number of hydrogen-bond donors (Lipinski definition) is 1. The molecule has 1 unspecified atom stereocenters. The molecule has 0 radical (unpaired) electrons. The molecule has 0 heterocycles. The van der Waals surface area contributed by atoms with E-state index in [9.17, 15) is 26.7 Å². The minimum atomic E-state index is -5.18. The highest BCUT2D eigenvalue weighted by atomic mass is 19.4. The maximum Gasteiger partial charge on any atom is 0.400 e. The molecule has 0 aromatic heterocycles. The van der Waals surface area contributed by atoms with Crippen LogP contribution < -0.4 is 0 Å². The number of hydrogen-bond acceptors (Lipinski definition) is 1. The molecule has 0 bridgehead atoms. The van der Waals surface area contributed by atoms with Crippen LogP contribution in [0, 0.1) is 10.8 Å². The lowest BCUT2D eigenvalue weighted by molar-refractivity contribution is -0.318. The van der Waals surface area contributed by atoms with Crippen molar-refractivity contribution < 1.29 is 31.9 Å². The Morgan fingerprint density at radius 3 is 1.59 bits per heavy atom. The van der Waals surface area contributed by atoms with Crippen LogP contribution in [-0.4, -0.2) is 23.2 Å². The molecule has 0 aromatic carbocycles. The van der Waals surface area contributed by atoms with Gasteiger partial charge in [-0.3, -0.25) is 4.79 Å². The van der Waals surface area contributed by atoms with E-state index in [2.05, 4.69) is 0 Å². The second kappa shape index (κ2) is 4.10. The van der Waals surface area contributed by atoms with Crippen molar-refractivity contribution in [2.45, 2.75) is 46.2 Å². The van der Waals surface area contributed by atoms with Crippen LogP contribution in [0.4, 0.5) is 22.0 Å². The van der Waals surface area contributed by atoms with Gasteiger partial charge >= 0.3 is 12.1 Å². The lowest BCUT2D eigenvalue weighted by Crippen LogP contribution is -2.59. The number of carbonyl (C=O) groups is 1. The minimum Gasteiger partial charge on any atom is -0.481 e. The third-order valence-electron chi connectivity index (χ3n) is 3.35. The van der Waals surface area contributed by atoms with E-state index in [1.165, 1.54) is 0 Å². The first-order chi connectivity index (χ1) is 7.25. The van der Waals surface area contributed by atoms with Gasteiger partial charge in [0.25, 0.3) is 5.92 Å². The van der Waals surface area contributed by atoms with E-state index >= 15 is 0 Å². The Morgan fingerprint density at radius 2 is 1.41 bits per heavy atom. The smallest absolute Gasteiger partial charge is 0.400 e. The molecule has 0 saturated carbocycles. The van der Waals surface area contributed by atoms with Gasteiger partial charge < -0.3 is 5.11 Å². The van der Waals surface area contributed by atoms with E-state index in [0.29, 0.717) is 20.8 Å². The number of carboxylic acids is 1. The fourth-order valence-corrected chi connectivity index (χ4v) is 1.42. The normalized spacial score (nSPS) is 17.7. The van der Waals surface area contributed by atoms with Crippen molar-refractivity contribution in [2.75, 3.05) is 0 Å². The van der Waals surface area contributed by atoms with Crippen molar-refractivity contribution in [3.8, 4) is 0 Å². The van der Waals surface area contributed by atoms with Gasteiger partial charge in [-0.25, -0.2) is 8.78 Å². The third kappa shape index (κ3) is 2.11.